The number of carbonyl (C=O) groups excluding carboxylic acids is 1. The Morgan fingerprint density at radius 1 is 1.29 bits per heavy atom. The van der Waals surface area contributed by atoms with E-state index in [-0.39, 0.29) is 6.04 Å². The van der Waals surface area contributed by atoms with Crippen LogP contribution in [0.2, 0.25) is 0 Å². The molecule has 0 aliphatic heterocycles. The van der Waals surface area contributed by atoms with Gasteiger partial charge < -0.3 is 10.1 Å². The molecule has 0 radical (unpaired) electrons. The van der Waals surface area contributed by atoms with E-state index in [0.29, 0.717) is 12.3 Å². The molecule has 24 heavy (non-hydrogen) atoms. The molecule has 0 bridgehead atoms. The first kappa shape index (κ1) is 19.3. The summed E-state index contributed by atoms with van der Waals surface area (Å²) in [5, 5.41) is 6.08. The number of hydrogen-bond acceptors (Lipinski definition) is 6. The number of nitrogens with one attached hydrogen (secondary N) is 2. The molecule has 1 heterocycles. The summed E-state index contributed by atoms with van der Waals surface area (Å²) >= 11 is 1.52. The predicted molar refractivity (Wildman–Crippen MR) is 97.9 cm³/mol. The summed E-state index contributed by atoms with van der Waals surface area (Å²) in [4.78, 5) is 14.8. The third-order valence-corrected chi connectivity index (χ3v) is 7.47. The average Bonchev–Trinajstić information content (AvgIpc) is 2.93. The number of hydrogen-bond donors (Lipinski definition) is 2. The Balaban J connectivity index is 1.75. The van der Waals surface area contributed by atoms with Gasteiger partial charge in [0.1, 0.15) is 6.29 Å². The minimum Gasteiger partial charge on any atom is -0.361 e. The number of sulfonamides is 1. The first-order chi connectivity index (χ1) is 11.2. The summed E-state index contributed by atoms with van der Waals surface area (Å²) in [6, 6.07) is 0.0459. The predicted octanol–water partition coefficient (Wildman–Crippen LogP) is 2.57. The van der Waals surface area contributed by atoms with Gasteiger partial charge in [-0.15, -0.1) is 11.3 Å². The van der Waals surface area contributed by atoms with Crippen LogP contribution in [-0.4, -0.2) is 37.0 Å². The third-order valence-electron chi connectivity index (χ3n) is 4.36. The molecule has 0 saturated heterocycles. The van der Waals surface area contributed by atoms with Gasteiger partial charge >= 0.3 is 0 Å². The van der Waals surface area contributed by atoms with Crippen molar-refractivity contribution in [2.24, 2.45) is 5.92 Å². The van der Waals surface area contributed by atoms with E-state index in [1.165, 1.54) is 11.3 Å². The zero-order valence-corrected chi connectivity index (χ0v) is 16.2. The second kappa shape index (κ2) is 7.93. The van der Waals surface area contributed by atoms with Gasteiger partial charge in [0.05, 0.1) is 10.4 Å². The molecule has 2 rings (SSSR count). The van der Waals surface area contributed by atoms with Gasteiger partial charge in [-0.3, -0.25) is 0 Å². The highest BCUT2D eigenvalue weighted by atomic mass is 32.2. The van der Waals surface area contributed by atoms with Crippen LogP contribution in [0.15, 0.2) is 5.38 Å². The number of carbonyl (C=O) groups is 1. The van der Waals surface area contributed by atoms with Crippen LogP contribution in [0.4, 0.5) is 5.13 Å². The van der Waals surface area contributed by atoms with Crippen LogP contribution in [0.3, 0.4) is 0 Å². The van der Waals surface area contributed by atoms with Gasteiger partial charge in [-0.25, -0.2) is 18.1 Å². The summed E-state index contributed by atoms with van der Waals surface area (Å²) in [6.45, 7) is 6.00. The zero-order chi connectivity index (χ0) is 17.8. The van der Waals surface area contributed by atoms with E-state index >= 15 is 0 Å². The number of aromatic nitrogens is 1. The molecule has 1 fully saturated rings. The molecule has 0 amide bonds. The van der Waals surface area contributed by atoms with Gasteiger partial charge in [0, 0.05) is 24.4 Å². The van der Waals surface area contributed by atoms with Crippen molar-refractivity contribution in [3.05, 3.63) is 11.1 Å². The lowest BCUT2D eigenvalue weighted by atomic mass is 9.86. The number of thiazole rings is 1. The summed E-state index contributed by atoms with van der Waals surface area (Å²) in [7, 11) is -3.28. The van der Waals surface area contributed by atoms with E-state index in [2.05, 4.69) is 15.0 Å². The maximum atomic E-state index is 12.2. The van der Waals surface area contributed by atoms with Crippen molar-refractivity contribution in [3.8, 4) is 0 Å². The Hall–Kier alpha value is -0.990. The molecular formula is C16H27N3O3S2. The molecule has 6 nitrogen and oxygen atoms in total. The van der Waals surface area contributed by atoms with E-state index < -0.39 is 14.8 Å². The highest BCUT2D eigenvalue weighted by molar-refractivity contribution is 7.90. The summed E-state index contributed by atoms with van der Waals surface area (Å²) in [6.07, 6.45) is 4.95. The van der Waals surface area contributed by atoms with Gasteiger partial charge in [-0.2, -0.15) is 0 Å². The van der Waals surface area contributed by atoms with Crippen LogP contribution in [0.1, 0.15) is 52.1 Å². The molecule has 0 atom stereocenters. The Labute approximate surface area is 148 Å². The minimum atomic E-state index is -3.28. The van der Waals surface area contributed by atoms with Crippen molar-refractivity contribution in [3.63, 3.8) is 0 Å². The van der Waals surface area contributed by atoms with Crippen molar-refractivity contribution >= 4 is 32.8 Å². The molecule has 1 aliphatic carbocycles. The fourth-order valence-corrected chi connectivity index (χ4v) is 4.44. The van der Waals surface area contributed by atoms with Crippen molar-refractivity contribution in [2.45, 2.75) is 63.7 Å². The standard InChI is InChI=1S/C16H27N3O3S2/c1-16(2,3)24(21,22)19-13-6-4-12(5-7-13)10-17-15-18-14(8-9-20)11-23-15/h9,11-13,19H,4-8,10H2,1-3H3,(H,17,18). The summed E-state index contributed by atoms with van der Waals surface area (Å²) in [5.41, 5.74) is 0.804. The van der Waals surface area contributed by atoms with E-state index in [0.717, 1.165) is 49.3 Å². The third kappa shape index (κ3) is 5.26. The first-order valence-electron chi connectivity index (χ1n) is 8.35. The Bertz CT molecular complexity index is 642. The van der Waals surface area contributed by atoms with Crippen molar-refractivity contribution in [1.82, 2.24) is 9.71 Å². The Morgan fingerprint density at radius 2 is 1.96 bits per heavy atom. The molecule has 0 aromatic carbocycles. The summed E-state index contributed by atoms with van der Waals surface area (Å²) in [5.74, 6) is 0.527. The molecule has 8 heteroatoms. The fourth-order valence-electron chi connectivity index (χ4n) is 2.68. The highest BCUT2D eigenvalue weighted by Gasteiger charge is 2.32. The molecular weight excluding hydrogens is 346 g/mol. The molecule has 2 N–H and O–H groups in total. The van der Waals surface area contributed by atoms with Gasteiger partial charge in [0.25, 0.3) is 0 Å². The van der Waals surface area contributed by atoms with Gasteiger partial charge in [-0.1, -0.05) is 0 Å². The Kier molecular flexibility index (Phi) is 6.39. The van der Waals surface area contributed by atoms with E-state index in [1.807, 2.05) is 5.38 Å². The maximum Gasteiger partial charge on any atom is 0.216 e. The molecule has 1 aromatic heterocycles. The number of rotatable bonds is 7. The first-order valence-corrected chi connectivity index (χ1v) is 10.7. The maximum absolute atomic E-state index is 12.2. The highest BCUT2D eigenvalue weighted by Crippen LogP contribution is 2.27. The lowest BCUT2D eigenvalue weighted by Crippen LogP contribution is -2.46. The molecule has 1 aromatic rings. The van der Waals surface area contributed by atoms with Crippen LogP contribution in [0.5, 0.6) is 0 Å². The zero-order valence-electron chi connectivity index (χ0n) is 14.5. The van der Waals surface area contributed by atoms with Crippen molar-refractivity contribution in [1.29, 1.82) is 0 Å². The Morgan fingerprint density at radius 3 is 2.54 bits per heavy atom. The van der Waals surface area contributed by atoms with Crippen LogP contribution < -0.4 is 10.0 Å². The topological polar surface area (TPSA) is 88.2 Å². The van der Waals surface area contributed by atoms with Crippen molar-refractivity contribution in [2.75, 3.05) is 11.9 Å². The second-order valence-electron chi connectivity index (χ2n) is 7.35. The monoisotopic (exact) mass is 373 g/mol. The van der Waals surface area contributed by atoms with Crippen LogP contribution in [0, 0.1) is 5.92 Å². The lowest BCUT2D eigenvalue weighted by Gasteiger charge is -2.31. The summed E-state index contributed by atoms with van der Waals surface area (Å²) < 4.78 is 26.5. The SMILES string of the molecule is CC(C)(C)S(=O)(=O)NC1CCC(CNc2nc(CC=O)cs2)CC1. The fraction of sp³-hybridized carbons (Fsp3) is 0.750. The van der Waals surface area contributed by atoms with Crippen LogP contribution in [-0.2, 0) is 21.2 Å². The molecule has 0 spiro atoms. The van der Waals surface area contributed by atoms with Gasteiger partial charge in [0.2, 0.25) is 10.0 Å². The van der Waals surface area contributed by atoms with E-state index in [4.69, 9.17) is 0 Å². The molecule has 1 saturated carbocycles. The number of aldehydes is 1. The van der Waals surface area contributed by atoms with Crippen LogP contribution >= 0.6 is 11.3 Å². The largest absolute Gasteiger partial charge is 0.361 e. The average molecular weight is 374 g/mol. The smallest absolute Gasteiger partial charge is 0.216 e. The van der Waals surface area contributed by atoms with Crippen LogP contribution in [0.25, 0.3) is 0 Å². The minimum absolute atomic E-state index is 0.0459. The number of anilines is 1. The number of nitrogens with zero attached hydrogens (tertiary/aromatic N) is 1. The lowest BCUT2D eigenvalue weighted by molar-refractivity contribution is -0.107. The van der Waals surface area contributed by atoms with E-state index in [1.54, 1.807) is 20.8 Å². The van der Waals surface area contributed by atoms with Gasteiger partial charge in [0.15, 0.2) is 5.13 Å². The van der Waals surface area contributed by atoms with Gasteiger partial charge in [-0.05, 0) is 52.4 Å². The molecule has 1 aliphatic rings. The normalized spacial score (nSPS) is 22.3. The second-order valence-corrected chi connectivity index (χ2v) is 10.7. The molecule has 0 unspecified atom stereocenters. The van der Waals surface area contributed by atoms with Crippen molar-refractivity contribution < 1.29 is 13.2 Å². The quantitative estimate of drug-likeness (QED) is 0.717. The molecule has 136 valence electrons. The van der Waals surface area contributed by atoms with E-state index in [9.17, 15) is 13.2 Å².